The van der Waals surface area contributed by atoms with Crippen molar-refractivity contribution in [2.45, 2.75) is 12.5 Å². The molecule has 0 aliphatic heterocycles. The molecule has 0 saturated carbocycles. The minimum absolute atomic E-state index is 0.474. The molecule has 15 heavy (non-hydrogen) atoms. The number of carbonyl (C=O) groups is 1. The first-order chi connectivity index (χ1) is 7.20. The van der Waals surface area contributed by atoms with Crippen LogP contribution in [-0.2, 0) is 11.2 Å². The zero-order valence-electron chi connectivity index (χ0n) is 8.43. The van der Waals surface area contributed by atoms with E-state index in [1.807, 2.05) is 18.2 Å². The molecule has 0 aliphatic carbocycles. The van der Waals surface area contributed by atoms with Gasteiger partial charge in [-0.25, -0.2) is 0 Å². The minimum atomic E-state index is -0.929. The van der Waals surface area contributed by atoms with Crippen molar-refractivity contribution < 1.29 is 9.90 Å². The van der Waals surface area contributed by atoms with Gasteiger partial charge in [-0.1, -0.05) is 30.3 Å². The van der Waals surface area contributed by atoms with Crippen LogP contribution >= 0.6 is 11.8 Å². The van der Waals surface area contributed by atoms with Gasteiger partial charge in [0, 0.05) is 5.75 Å². The number of thioether (sulfide) groups is 1. The quantitative estimate of drug-likeness (QED) is 0.718. The summed E-state index contributed by atoms with van der Waals surface area (Å²) < 4.78 is 0. The van der Waals surface area contributed by atoms with E-state index in [4.69, 9.17) is 10.8 Å². The first-order valence-corrected chi connectivity index (χ1v) is 5.95. The van der Waals surface area contributed by atoms with Crippen LogP contribution in [0.25, 0.3) is 0 Å². The lowest BCUT2D eigenvalue weighted by atomic mass is 10.2. The van der Waals surface area contributed by atoms with Gasteiger partial charge in [-0.2, -0.15) is 11.8 Å². The number of carboxylic acid groups (broad SMARTS) is 1. The van der Waals surface area contributed by atoms with Crippen molar-refractivity contribution in [3.8, 4) is 0 Å². The van der Waals surface area contributed by atoms with Gasteiger partial charge in [0.25, 0.3) is 0 Å². The van der Waals surface area contributed by atoms with Gasteiger partial charge < -0.3 is 10.8 Å². The van der Waals surface area contributed by atoms with E-state index in [0.29, 0.717) is 5.75 Å². The lowest BCUT2D eigenvalue weighted by Crippen LogP contribution is -2.32. The van der Waals surface area contributed by atoms with E-state index in [9.17, 15) is 4.79 Å². The molecule has 1 rings (SSSR count). The summed E-state index contributed by atoms with van der Waals surface area (Å²) in [5, 5.41) is 8.56. The molecule has 82 valence electrons. The number of hydrogen-bond donors (Lipinski definition) is 2. The first kappa shape index (κ1) is 12.1. The topological polar surface area (TPSA) is 63.3 Å². The maximum atomic E-state index is 10.4. The van der Waals surface area contributed by atoms with Gasteiger partial charge in [0.05, 0.1) is 0 Å². The highest BCUT2D eigenvalue weighted by Crippen LogP contribution is 2.07. The molecular formula is C11H15NO2S. The molecule has 3 nitrogen and oxygen atoms in total. The third kappa shape index (κ3) is 4.85. The van der Waals surface area contributed by atoms with Crippen molar-refractivity contribution in [3.05, 3.63) is 35.9 Å². The van der Waals surface area contributed by atoms with Crippen LogP contribution < -0.4 is 5.73 Å². The van der Waals surface area contributed by atoms with E-state index in [1.165, 1.54) is 5.56 Å². The SMILES string of the molecule is N[C@H](CSCCc1ccccc1)C(=O)O. The Morgan fingerprint density at radius 3 is 2.67 bits per heavy atom. The Bertz CT molecular complexity index is 303. The summed E-state index contributed by atoms with van der Waals surface area (Å²) in [5.74, 6) is 0.454. The van der Waals surface area contributed by atoms with Crippen molar-refractivity contribution in [2.75, 3.05) is 11.5 Å². The number of carboxylic acids is 1. The third-order valence-corrected chi connectivity index (χ3v) is 3.08. The molecule has 1 aromatic rings. The Kier molecular flexibility index (Phi) is 5.21. The van der Waals surface area contributed by atoms with Crippen LogP contribution in [0.3, 0.4) is 0 Å². The molecule has 0 radical (unpaired) electrons. The summed E-state index contributed by atoms with van der Waals surface area (Å²) in [5.41, 5.74) is 6.65. The molecule has 0 heterocycles. The van der Waals surface area contributed by atoms with E-state index < -0.39 is 12.0 Å². The second-order valence-corrected chi connectivity index (χ2v) is 4.41. The molecule has 0 amide bonds. The van der Waals surface area contributed by atoms with Gasteiger partial charge in [0.15, 0.2) is 0 Å². The number of nitrogens with two attached hydrogens (primary N) is 1. The standard InChI is InChI=1S/C11H15NO2S/c12-10(11(13)14)8-15-7-6-9-4-2-1-3-5-9/h1-5,10H,6-8,12H2,(H,13,14)/t10-/m1/s1. The van der Waals surface area contributed by atoms with Crippen LogP contribution in [0.4, 0.5) is 0 Å². The number of aliphatic carboxylic acids is 1. The highest BCUT2D eigenvalue weighted by Gasteiger charge is 2.10. The van der Waals surface area contributed by atoms with Crippen LogP contribution in [0, 0.1) is 0 Å². The van der Waals surface area contributed by atoms with Crippen molar-refractivity contribution in [1.82, 2.24) is 0 Å². The molecule has 0 saturated heterocycles. The minimum Gasteiger partial charge on any atom is -0.480 e. The van der Waals surface area contributed by atoms with Crippen molar-refractivity contribution >= 4 is 17.7 Å². The molecule has 0 aromatic heterocycles. The summed E-state index contributed by atoms with van der Waals surface area (Å²) in [6.07, 6.45) is 0.956. The fraction of sp³-hybridized carbons (Fsp3) is 0.364. The van der Waals surface area contributed by atoms with Crippen LogP contribution in [-0.4, -0.2) is 28.6 Å². The fourth-order valence-electron chi connectivity index (χ4n) is 1.12. The predicted octanol–water partition coefficient (Wildman–Crippen LogP) is 1.37. The number of rotatable bonds is 6. The molecule has 1 atom stereocenters. The maximum absolute atomic E-state index is 10.4. The largest absolute Gasteiger partial charge is 0.480 e. The third-order valence-electron chi connectivity index (χ3n) is 1.99. The van der Waals surface area contributed by atoms with E-state index >= 15 is 0 Å². The number of benzene rings is 1. The van der Waals surface area contributed by atoms with Gasteiger partial charge in [0.1, 0.15) is 6.04 Å². The highest BCUT2D eigenvalue weighted by atomic mass is 32.2. The zero-order chi connectivity index (χ0) is 11.1. The van der Waals surface area contributed by atoms with Gasteiger partial charge >= 0.3 is 5.97 Å². The zero-order valence-corrected chi connectivity index (χ0v) is 9.24. The van der Waals surface area contributed by atoms with Crippen LogP contribution in [0.1, 0.15) is 5.56 Å². The average Bonchev–Trinajstić information content (AvgIpc) is 2.25. The average molecular weight is 225 g/mol. The van der Waals surface area contributed by atoms with E-state index in [0.717, 1.165) is 12.2 Å². The second kappa shape index (κ2) is 6.48. The number of aryl methyl sites for hydroxylation is 1. The van der Waals surface area contributed by atoms with Crippen LogP contribution in [0.5, 0.6) is 0 Å². The lowest BCUT2D eigenvalue weighted by molar-refractivity contribution is -0.137. The van der Waals surface area contributed by atoms with E-state index in [1.54, 1.807) is 11.8 Å². The van der Waals surface area contributed by atoms with E-state index in [-0.39, 0.29) is 0 Å². The first-order valence-electron chi connectivity index (χ1n) is 4.80. The Labute approximate surface area is 93.7 Å². The molecule has 3 N–H and O–H groups in total. The molecule has 0 bridgehead atoms. The van der Waals surface area contributed by atoms with Crippen molar-refractivity contribution in [2.24, 2.45) is 5.73 Å². The molecule has 0 fully saturated rings. The van der Waals surface area contributed by atoms with E-state index in [2.05, 4.69) is 12.1 Å². The van der Waals surface area contributed by atoms with Crippen LogP contribution in [0.15, 0.2) is 30.3 Å². The summed E-state index contributed by atoms with van der Waals surface area (Å²) in [6, 6.07) is 9.38. The second-order valence-electron chi connectivity index (χ2n) is 3.26. The Hall–Kier alpha value is -1.00. The monoisotopic (exact) mass is 225 g/mol. The van der Waals surface area contributed by atoms with Gasteiger partial charge in [-0.05, 0) is 17.7 Å². The molecule has 0 spiro atoms. The van der Waals surface area contributed by atoms with Gasteiger partial charge in [-0.15, -0.1) is 0 Å². The summed E-state index contributed by atoms with van der Waals surface area (Å²) in [6.45, 7) is 0. The van der Waals surface area contributed by atoms with Crippen molar-refractivity contribution in [3.63, 3.8) is 0 Å². The Balaban J connectivity index is 2.15. The maximum Gasteiger partial charge on any atom is 0.321 e. The van der Waals surface area contributed by atoms with Crippen LogP contribution in [0.2, 0.25) is 0 Å². The summed E-state index contributed by atoms with van der Waals surface area (Å²) in [4.78, 5) is 10.4. The highest BCUT2D eigenvalue weighted by molar-refractivity contribution is 7.99. The normalized spacial score (nSPS) is 12.3. The predicted molar refractivity (Wildman–Crippen MR) is 63.1 cm³/mol. The van der Waals surface area contributed by atoms with Crippen molar-refractivity contribution in [1.29, 1.82) is 0 Å². The molecule has 4 heteroatoms. The molecule has 0 aliphatic rings. The fourth-order valence-corrected chi connectivity index (χ4v) is 2.06. The Morgan fingerprint density at radius 1 is 1.40 bits per heavy atom. The smallest absolute Gasteiger partial charge is 0.321 e. The van der Waals surface area contributed by atoms with Gasteiger partial charge in [0.2, 0.25) is 0 Å². The summed E-state index contributed by atoms with van der Waals surface area (Å²) in [7, 11) is 0. The molecular weight excluding hydrogens is 210 g/mol. The lowest BCUT2D eigenvalue weighted by Gasteiger charge is -2.05. The van der Waals surface area contributed by atoms with Gasteiger partial charge in [-0.3, -0.25) is 4.79 Å². The molecule has 0 unspecified atom stereocenters. The Morgan fingerprint density at radius 2 is 2.07 bits per heavy atom. The number of hydrogen-bond acceptors (Lipinski definition) is 3. The molecule has 1 aromatic carbocycles. The summed E-state index contributed by atoms with van der Waals surface area (Å²) >= 11 is 1.58.